The molecule has 0 unspecified atom stereocenters. The van der Waals surface area contributed by atoms with Crippen molar-refractivity contribution in [2.24, 2.45) is 5.16 Å². The lowest BCUT2D eigenvalue weighted by Crippen LogP contribution is -2.71. The monoisotopic (exact) mass is 1020 g/mol. The van der Waals surface area contributed by atoms with Crippen LogP contribution in [-0.2, 0) is 36.2 Å². The fraction of sp³-hybridized carbons (Fsp3) is 0.132. The number of carboxylic acid groups (broad SMARTS) is 1. The normalized spacial score (nSPS) is 17.1. The molecule has 17 heteroatoms. The molecule has 1 fully saturated rings. The van der Waals surface area contributed by atoms with Crippen LogP contribution < -0.4 is 10.7 Å². The zero-order valence-electron chi connectivity index (χ0n) is 37.0. The second-order valence-corrected chi connectivity index (χ2v) is 20.5. The number of thioether (sulfide) groups is 3. The predicted octanol–water partition coefficient (Wildman–Crippen LogP) is 9.77. The number of hydrogen-bond acceptors (Lipinski definition) is 13. The summed E-state index contributed by atoms with van der Waals surface area (Å²) in [4.78, 5) is 51.3. The molecule has 1 aromatic heterocycles. The Balaban J connectivity index is 1.08. The second kappa shape index (κ2) is 20.7. The van der Waals surface area contributed by atoms with Gasteiger partial charge >= 0.3 is 5.97 Å². The summed E-state index contributed by atoms with van der Waals surface area (Å²) in [6, 6.07) is 58.4. The van der Waals surface area contributed by atoms with Crippen LogP contribution in [0.2, 0.25) is 0 Å². The number of carbonyl (C=O) groups is 3. The number of rotatable bonds is 17. The smallest absolute Gasteiger partial charge is 0.353 e. The number of carboxylic acids is 1. The van der Waals surface area contributed by atoms with E-state index in [1.165, 1.54) is 40.2 Å². The summed E-state index contributed by atoms with van der Waals surface area (Å²) in [7, 11) is 0. The number of hydrogen-bond donors (Lipinski definition) is 3. The molecule has 3 N–H and O–H groups in total. The van der Waals surface area contributed by atoms with E-state index in [0.29, 0.717) is 26.4 Å². The first kappa shape index (κ1) is 47.0. The molecule has 7 aromatic rings. The molecule has 0 saturated carbocycles. The lowest BCUT2D eigenvalue weighted by atomic mass is 9.77. The van der Waals surface area contributed by atoms with E-state index in [9.17, 15) is 14.7 Å². The van der Waals surface area contributed by atoms with E-state index in [4.69, 9.17) is 21.6 Å². The molecule has 1 saturated heterocycles. The minimum absolute atomic E-state index is 0.103. The molecular weight excluding hydrogens is 978 g/mol. The molecule has 4 heterocycles. The van der Waals surface area contributed by atoms with Gasteiger partial charge in [0, 0.05) is 32.8 Å². The molecule has 2 atom stereocenters. The number of nitrogens with zero attached hydrogens (tertiary/aromatic N) is 5. The van der Waals surface area contributed by atoms with Gasteiger partial charge in [0.1, 0.15) is 32.6 Å². The Bertz CT molecular complexity index is 2900. The average Bonchev–Trinajstić information content (AvgIpc) is 4.08. The van der Waals surface area contributed by atoms with Gasteiger partial charge in [-0.1, -0.05) is 203 Å². The molecule has 0 aliphatic carbocycles. The Kier molecular flexibility index (Phi) is 13.9. The molecule has 12 nitrogen and oxygen atoms in total. The van der Waals surface area contributed by atoms with Crippen molar-refractivity contribution < 1.29 is 24.3 Å². The summed E-state index contributed by atoms with van der Waals surface area (Å²) >= 11 is 11.2. The van der Waals surface area contributed by atoms with E-state index < -0.39 is 40.3 Å². The standard InChI is InChI=1S/C53H42ClN7O5S4/c54-31-41-51(70-59-56-41)69-43-33-68-49-45(48(63)61(49)46(43)50(64)65)55-47(62)44(57-66-53(38-25-13-4-14-26-38,39-27-15-5-16-28-39)40-29-17-6-18-30-40)42-32-67-34-60(42)58-52(35-19-7-1-8-20-35,36-21-9-2-10-22-36)37-23-11-3-12-24-37/h1-30,32,45,49,58H,31,33-34H2,(H,55,62)(H,64,65)/b57-44-/t45-,49+/m1/s1. The van der Waals surface area contributed by atoms with Crippen LogP contribution in [0.3, 0.4) is 0 Å². The lowest BCUT2D eigenvalue weighted by molar-refractivity contribution is -0.150. The first-order valence-electron chi connectivity index (χ1n) is 22.1. The van der Waals surface area contributed by atoms with Crippen LogP contribution in [-0.4, -0.2) is 71.1 Å². The third-order valence-electron chi connectivity index (χ3n) is 12.2. The number of alkyl halides is 1. The van der Waals surface area contributed by atoms with Crippen LogP contribution in [0.1, 0.15) is 39.1 Å². The molecule has 6 aromatic carbocycles. The summed E-state index contributed by atoms with van der Waals surface area (Å²) < 4.78 is 4.63. The SMILES string of the molecule is O=C(O)C1=C(Sc2snnc2CCl)CS[C@H]2[C@H](NC(=O)/C(=N\OC(c3ccccc3)(c3ccccc3)c3ccccc3)C3=CSCN3NC(c3ccccc3)(c3ccccc3)c3ccccc3)C(=O)N12. The van der Waals surface area contributed by atoms with Gasteiger partial charge in [0.25, 0.3) is 11.8 Å². The maximum absolute atomic E-state index is 15.4. The first-order chi connectivity index (χ1) is 34.3. The fourth-order valence-electron chi connectivity index (χ4n) is 8.91. The third kappa shape index (κ3) is 8.80. The molecule has 3 aliphatic heterocycles. The number of aromatic nitrogens is 2. The van der Waals surface area contributed by atoms with E-state index in [1.54, 1.807) is 0 Å². The zero-order valence-corrected chi connectivity index (χ0v) is 41.0. The number of hydrazine groups is 1. The highest BCUT2D eigenvalue weighted by atomic mass is 35.5. The molecule has 3 aliphatic rings. The number of amides is 2. The Morgan fingerprint density at radius 3 is 1.71 bits per heavy atom. The van der Waals surface area contributed by atoms with Gasteiger partial charge in [0.05, 0.1) is 17.5 Å². The van der Waals surface area contributed by atoms with Crippen molar-refractivity contribution in [1.82, 2.24) is 30.2 Å². The molecule has 0 spiro atoms. The van der Waals surface area contributed by atoms with Crippen molar-refractivity contribution in [1.29, 1.82) is 0 Å². The molecule has 0 radical (unpaired) electrons. The van der Waals surface area contributed by atoms with Crippen LogP contribution in [0.4, 0.5) is 0 Å². The van der Waals surface area contributed by atoms with E-state index in [2.05, 4.69) is 56.7 Å². The summed E-state index contributed by atoms with van der Waals surface area (Å²) in [5.41, 5.74) is 7.30. The van der Waals surface area contributed by atoms with Crippen LogP contribution >= 0.6 is 58.4 Å². The minimum Gasteiger partial charge on any atom is -0.477 e. The van der Waals surface area contributed by atoms with E-state index in [-0.39, 0.29) is 23.0 Å². The number of aliphatic carboxylic acids is 1. The third-order valence-corrected chi connectivity index (χ3v) is 16.7. The minimum atomic E-state index is -1.36. The predicted molar refractivity (Wildman–Crippen MR) is 277 cm³/mol. The Labute approximate surface area is 426 Å². The Hall–Kier alpha value is -6.66. The largest absolute Gasteiger partial charge is 0.477 e. The van der Waals surface area contributed by atoms with Gasteiger partial charge in [-0.3, -0.25) is 19.5 Å². The van der Waals surface area contributed by atoms with Crippen LogP contribution in [0.15, 0.2) is 213 Å². The van der Waals surface area contributed by atoms with Crippen molar-refractivity contribution >= 4 is 81.9 Å². The van der Waals surface area contributed by atoms with Gasteiger partial charge in [0.2, 0.25) is 5.60 Å². The summed E-state index contributed by atoms with van der Waals surface area (Å²) in [6.45, 7) is 0. The van der Waals surface area contributed by atoms with Crippen molar-refractivity contribution in [3.05, 3.63) is 243 Å². The maximum atomic E-state index is 15.4. The molecule has 70 heavy (non-hydrogen) atoms. The number of carbonyl (C=O) groups excluding carboxylic acids is 2. The Morgan fingerprint density at radius 2 is 1.24 bits per heavy atom. The zero-order chi connectivity index (χ0) is 48.1. The summed E-state index contributed by atoms with van der Waals surface area (Å²) in [5, 5.41) is 25.6. The van der Waals surface area contributed by atoms with Crippen molar-refractivity contribution in [3.8, 4) is 0 Å². The maximum Gasteiger partial charge on any atom is 0.353 e. The number of fused-ring (bicyclic) bond motifs is 1. The van der Waals surface area contributed by atoms with Crippen molar-refractivity contribution in [2.45, 2.75) is 32.6 Å². The van der Waals surface area contributed by atoms with Gasteiger partial charge in [0.15, 0.2) is 5.71 Å². The van der Waals surface area contributed by atoms with Gasteiger partial charge in [-0.2, -0.15) is 0 Å². The van der Waals surface area contributed by atoms with Crippen LogP contribution in [0, 0.1) is 0 Å². The van der Waals surface area contributed by atoms with Crippen molar-refractivity contribution in [2.75, 3.05) is 11.6 Å². The summed E-state index contributed by atoms with van der Waals surface area (Å²) in [5.74, 6) is -1.82. The molecule has 10 rings (SSSR count). The van der Waals surface area contributed by atoms with Gasteiger partial charge in [-0.15, -0.1) is 40.2 Å². The topological polar surface area (TPSA) is 149 Å². The highest BCUT2D eigenvalue weighted by molar-refractivity contribution is 8.07. The molecule has 0 bridgehead atoms. The van der Waals surface area contributed by atoms with Crippen LogP contribution in [0.25, 0.3) is 0 Å². The summed E-state index contributed by atoms with van der Waals surface area (Å²) in [6.07, 6.45) is 0. The highest BCUT2D eigenvalue weighted by Gasteiger charge is 2.55. The highest BCUT2D eigenvalue weighted by Crippen LogP contribution is 2.47. The van der Waals surface area contributed by atoms with Gasteiger partial charge < -0.3 is 15.3 Å². The quantitative estimate of drug-likeness (QED) is 0.0262. The van der Waals surface area contributed by atoms with Gasteiger partial charge in [-0.25, -0.2) is 10.2 Å². The van der Waals surface area contributed by atoms with E-state index in [0.717, 1.165) is 44.9 Å². The molecule has 2 amide bonds. The molecular formula is C53H42ClN7O5S4. The van der Waals surface area contributed by atoms with Crippen LogP contribution in [0.5, 0.6) is 0 Å². The Morgan fingerprint density at radius 1 is 0.757 bits per heavy atom. The number of benzene rings is 6. The fourth-order valence-corrected chi connectivity index (χ4v) is 13.4. The van der Waals surface area contributed by atoms with Crippen molar-refractivity contribution in [3.63, 3.8) is 0 Å². The number of nitrogens with one attached hydrogen (secondary N) is 2. The number of β-lactam (4-membered cyclic amide) rings is 1. The number of halogens is 1. The second-order valence-electron chi connectivity index (χ2n) is 16.2. The average molecular weight is 1020 g/mol. The number of oxime groups is 1. The van der Waals surface area contributed by atoms with E-state index >= 15 is 4.79 Å². The molecule has 350 valence electrons. The lowest BCUT2D eigenvalue weighted by Gasteiger charge is -2.49. The first-order valence-corrected chi connectivity index (χ1v) is 26.3. The van der Waals surface area contributed by atoms with E-state index in [1.807, 2.05) is 156 Å². The van der Waals surface area contributed by atoms with Gasteiger partial charge in [-0.05, 0) is 28.2 Å².